The number of benzene rings is 2. The summed E-state index contributed by atoms with van der Waals surface area (Å²) in [6, 6.07) is 4.54. The number of fused-ring (bicyclic) bond motifs is 2. The van der Waals surface area contributed by atoms with Crippen molar-refractivity contribution in [1.82, 2.24) is 24.5 Å². The zero-order valence-electron chi connectivity index (χ0n) is 19.1. The number of carbonyl (C=O) groups excluding carboxylic acids is 1. The van der Waals surface area contributed by atoms with Gasteiger partial charge in [0, 0.05) is 54.8 Å². The van der Waals surface area contributed by atoms with E-state index in [9.17, 15) is 9.18 Å². The number of aliphatic imine (C=N–C) groups is 1. The van der Waals surface area contributed by atoms with Crippen LogP contribution in [0, 0.1) is 5.82 Å². The van der Waals surface area contributed by atoms with E-state index in [1.165, 1.54) is 12.1 Å². The number of nitrogens with zero attached hydrogens (tertiary/aromatic N) is 6. The van der Waals surface area contributed by atoms with Crippen molar-refractivity contribution in [2.24, 2.45) is 12.0 Å². The summed E-state index contributed by atoms with van der Waals surface area (Å²) in [7, 11) is 5.52. The number of aryl methyl sites for hydroxylation is 1. The van der Waals surface area contributed by atoms with Crippen molar-refractivity contribution in [3.63, 3.8) is 0 Å². The number of carbonyl (C=O) groups is 1. The number of ketones is 1. The highest BCUT2D eigenvalue weighted by molar-refractivity contribution is 9.10. The molecule has 1 aliphatic heterocycles. The van der Waals surface area contributed by atoms with E-state index in [1.54, 1.807) is 39.1 Å². The number of hydrogen-bond donors (Lipinski definition) is 0. The van der Waals surface area contributed by atoms with E-state index in [0.29, 0.717) is 28.8 Å². The van der Waals surface area contributed by atoms with Gasteiger partial charge in [-0.3, -0.25) is 9.48 Å². The monoisotopic (exact) mass is 526 g/mol. The molecule has 1 aliphatic rings. The Morgan fingerprint density at radius 3 is 2.85 bits per heavy atom. The molecule has 0 aliphatic carbocycles. The quantitative estimate of drug-likeness (QED) is 0.208. The molecule has 10 heteroatoms. The molecule has 176 valence electrons. The molecule has 2 aromatic heterocycles. The van der Waals surface area contributed by atoms with E-state index in [1.807, 2.05) is 21.1 Å². The molecule has 0 spiro atoms. The molecule has 34 heavy (non-hydrogen) atoms. The molecule has 3 heterocycles. The van der Waals surface area contributed by atoms with Gasteiger partial charge in [0.15, 0.2) is 11.6 Å². The van der Waals surface area contributed by atoms with Crippen LogP contribution in [0.4, 0.5) is 10.1 Å². The van der Waals surface area contributed by atoms with Crippen LogP contribution in [0.1, 0.15) is 41.4 Å². The molecule has 0 radical (unpaired) electrons. The van der Waals surface area contributed by atoms with E-state index in [-0.39, 0.29) is 17.5 Å². The van der Waals surface area contributed by atoms with Gasteiger partial charge in [0.25, 0.3) is 0 Å². The largest absolute Gasteiger partial charge is 0.369 e. The fourth-order valence-electron chi connectivity index (χ4n) is 4.28. The lowest BCUT2D eigenvalue weighted by molar-refractivity contribution is -0.0391. The van der Waals surface area contributed by atoms with Gasteiger partial charge in [0.2, 0.25) is 0 Å². The van der Waals surface area contributed by atoms with E-state index < -0.39 is 5.82 Å². The van der Waals surface area contributed by atoms with Gasteiger partial charge in [-0.25, -0.2) is 14.1 Å². The fraction of sp³-hybridized carbons (Fsp3) is 0.333. The van der Waals surface area contributed by atoms with Crippen LogP contribution in [0.25, 0.3) is 21.8 Å². The van der Waals surface area contributed by atoms with Gasteiger partial charge in [0.05, 0.1) is 23.6 Å². The number of aromatic nitrogens is 4. The molecule has 4 aromatic rings. The lowest BCUT2D eigenvalue weighted by Crippen LogP contribution is -2.18. The molecule has 0 bridgehead atoms. The van der Waals surface area contributed by atoms with Crippen molar-refractivity contribution >= 4 is 55.5 Å². The number of halogens is 2. The zero-order valence-corrected chi connectivity index (χ0v) is 20.7. The van der Waals surface area contributed by atoms with E-state index in [2.05, 4.69) is 31.1 Å². The average Bonchev–Trinajstić information content (AvgIpc) is 3.44. The topological polar surface area (TPSA) is 77.5 Å². The van der Waals surface area contributed by atoms with E-state index in [4.69, 9.17) is 4.74 Å². The Hall–Kier alpha value is -3.11. The molecule has 0 amide bonds. The summed E-state index contributed by atoms with van der Waals surface area (Å²) in [5.74, 6) is -0.751. The van der Waals surface area contributed by atoms with E-state index in [0.717, 1.165) is 34.6 Å². The summed E-state index contributed by atoms with van der Waals surface area (Å²) in [5.41, 5.74) is 2.11. The molecule has 0 N–H and O–H groups in total. The molecule has 1 fully saturated rings. The SMILES string of the molecule is CN(C)/C=N/c1c(C(=O)c2ccc(F)c3nn(C4CCCCO4)cc23)cc(Br)c2cnn(C)c12. The van der Waals surface area contributed by atoms with Crippen molar-refractivity contribution in [3.05, 3.63) is 52.0 Å². The van der Waals surface area contributed by atoms with Gasteiger partial charge >= 0.3 is 0 Å². The molecule has 0 saturated carbocycles. The molecule has 5 rings (SSSR count). The van der Waals surface area contributed by atoms with Crippen molar-refractivity contribution in [3.8, 4) is 0 Å². The molecule has 8 nitrogen and oxygen atoms in total. The number of ether oxygens (including phenoxy) is 1. The summed E-state index contributed by atoms with van der Waals surface area (Å²) in [6.07, 6.45) is 7.63. The fourth-order valence-corrected chi connectivity index (χ4v) is 4.80. The van der Waals surface area contributed by atoms with Crippen LogP contribution in [-0.4, -0.2) is 57.3 Å². The summed E-state index contributed by atoms with van der Waals surface area (Å²) < 4.78 is 24.6. The first-order chi connectivity index (χ1) is 16.3. The normalized spacial score (nSPS) is 16.7. The first-order valence-corrected chi connectivity index (χ1v) is 11.8. The van der Waals surface area contributed by atoms with Gasteiger partial charge in [-0.1, -0.05) is 15.9 Å². The Morgan fingerprint density at radius 1 is 1.29 bits per heavy atom. The number of rotatable bonds is 5. The maximum absolute atomic E-state index is 14.7. The lowest BCUT2D eigenvalue weighted by atomic mass is 9.97. The summed E-state index contributed by atoms with van der Waals surface area (Å²) >= 11 is 3.57. The van der Waals surface area contributed by atoms with Crippen LogP contribution < -0.4 is 0 Å². The van der Waals surface area contributed by atoms with Crippen LogP contribution in [0.2, 0.25) is 0 Å². The van der Waals surface area contributed by atoms with Crippen molar-refractivity contribution in [2.75, 3.05) is 20.7 Å². The molecule has 1 unspecified atom stereocenters. The lowest BCUT2D eigenvalue weighted by Gasteiger charge is -2.22. The Kier molecular flexibility index (Phi) is 5.95. The second kappa shape index (κ2) is 8.92. The van der Waals surface area contributed by atoms with Gasteiger partial charge in [-0.2, -0.15) is 10.2 Å². The molecular weight excluding hydrogens is 503 g/mol. The van der Waals surface area contributed by atoms with Gasteiger partial charge in [0.1, 0.15) is 17.4 Å². The second-order valence-electron chi connectivity index (χ2n) is 8.61. The molecular formula is C24H24BrFN6O2. The smallest absolute Gasteiger partial charge is 0.196 e. The van der Waals surface area contributed by atoms with Crippen LogP contribution in [0.5, 0.6) is 0 Å². The van der Waals surface area contributed by atoms with Gasteiger partial charge in [-0.05, 0) is 37.5 Å². The zero-order chi connectivity index (χ0) is 24.0. The van der Waals surface area contributed by atoms with Crippen LogP contribution in [-0.2, 0) is 11.8 Å². The predicted molar refractivity (Wildman–Crippen MR) is 132 cm³/mol. The highest BCUT2D eigenvalue weighted by Crippen LogP contribution is 2.37. The van der Waals surface area contributed by atoms with E-state index >= 15 is 0 Å². The Balaban J connectivity index is 1.69. The maximum atomic E-state index is 14.7. The first-order valence-electron chi connectivity index (χ1n) is 11.0. The van der Waals surface area contributed by atoms with Crippen LogP contribution in [0.15, 0.2) is 40.1 Å². The maximum Gasteiger partial charge on any atom is 0.196 e. The Bertz CT molecular complexity index is 1430. The highest BCUT2D eigenvalue weighted by Gasteiger charge is 2.25. The predicted octanol–water partition coefficient (Wildman–Crippen LogP) is 4.98. The molecule has 1 atom stereocenters. The minimum absolute atomic E-state index is 0.152. The minimum Gasteiger partial charge on any atom is -0.369 e. The standard InChI is InChI=1S/C24H24BrFN6O2/c1-30(2)13-27-22-15(10-18(25)16-11-28-31(3)23(16)22)24(33)14-7-8-19(26)21-17(14)12-32(29-21)20-6-4-5-9-34-20/h7-8,10-13,20H,4-6,9H2,1-3H3/b27-13+. The summed E-state index contributed by atoms with van der Waals surface area (Å²) in [5, 5.41) is 10.1. The van der Waals surface area contributed by atoms with Gasteiger partial charge in [-0.15, -0.1) is 0 Å². The van der Waals surface area contributed by atoms with Crippen molar-refractivity contribution in [2.45, 2.75) is 25.5 Å². The van der Waals surface area contributed by atoms with Crippen molar-refractivity contribution in [1.29, 1.82) is 0 Å². The summed E-state index contributed by atoms with van der Waals surface area (Å²) in [6.45, 7) is 0.640. The third-order valence-corrected chi connectivity index (χ3v) is 6.61. The Labute approximate surface area is 204 Å². The third-order valence-electron chi connectivity index (χ3n) is 5.95. The summed E-state index contributed by atoms with van der Waals surface area (Å²) in [4.78, 5) is 20.3. The second-order valence-corrected chi connectivity index (χ2v) is 9.46. The molecule has 1 saturated heterocycles. The Morgan fingerprint density at radius 2 is 2.12 bits per heavy atom. The first kappa shape index (κ1) is 22.7. The van der Waals surface area contributed by atoms with Crippen molar-refractivity contribution < 1.29 is 13.9 Å². The average molecular weight is 527 g/mol. The minimum atomic E-state index is -0.477. The highest BCUT2D eigenvalue weighted by atomic mass is 79.9. The third kappa shape index (κ3) is 3.90. The van der Waals surface area contributed by atoms with Gasteiger partial charge < -0.3 is 9.64 Å². The van der Waals surface area contributed by atoms with Crippen LogP contribution >= 0.6 is 15.9 Å². The number of hydrogen-bond acceptors (Lipinski definition) is 5. The molecule has 2 aromatic carbocycles. The van der Waals surface area contributed by atoms with Crippen LogP contribution in [0.3, 0.4) is 0 Å².